The smallest absolute Gasteiger partial charge is 0.335 e. The van der Waals surface area contributed by atoms with Gasteiger partial charge in [0.1, 0.15) is 4.90 Å². The summed E-state index contributed by atoms with van der Waals surface area (Å²) in [5, 5.41) is 9.08. The van der Waals surface area contributed by atoms with Crippen LogP contribution in [-0.4, -0.2) is 36.4 Å². The van der Waals surface area contributed by atoms with Gasteiger partial charge in [0.2, 0.25) is 10.0 Å². The van der Waals surface area contributed by atoms with Gasteiger partial charge >= 0.3 is 5.97 Å². The third-order valence-corrected chi connectivity index (χ3v) is 6.24. The summed E-state index contributed by atoms with van der Waals surface area (Å²) in [6.07, 6.45) is 3.38. The molecule has 0 saturated carbocycles. The number of benzene rings is 1. The normalized spacial score (nSPS) is 20.4. The molecule has 0 aromatic heterocycles. The summed E-state index contributed by atoms with van der Waals surface area (Å²) in [4.78, 5) is 10.9. The second-order valence-corrected chi connectivity index (χ2v) is 7.39. The van der Waals surface area contributed by atoms with Crippen molar-refractivity contribution in [2.24, 2.45) is 0 Å². The summed E-state index contributed by atoms with van der Waals surface area (Å²) < 4.78 is 27.1. The molecule has 0 spiro atoms. The molecule has 1 aromatic carbocycles. The van der Waals surface area contributed by atoms with Crippen molar-refractivity contribution in [3.05, 3.63) is 28.8 Å². The quantitative estimate of drug-likeness (QED) is 0.920. The molecule has 116 valence electrons. The van der Waals surface area contributed by atoms with E-state index in [0.29, 0.717) is 6.54 Å². The summed E-state index contributed by atoms with van der Waals surface area (Å²) >= 11 is 6.00. The van der Waals surface area contributed by atoms with Crippen LogP contribution >= 0.6 is 11.6 Å². The topological polar surface area (TPSA) is 74.7 Å². The number of carboxylic acid groups (broad SMARTS) is 1. The lowest BCUT2D eigenvalue weighted by molar-refractivity contribution is 0.0696. The summed E-state index contributed by atoms with van der Waals surface area (Å²) in [6, 6.07) is 3.72. The predicted molar refractivity (Wildman–Crippen MR) is 80.2 cm³/mol. The number of nitrogens with zero attached hydrogens (tertiary/aromatic N) is 1. The second-order valence-electron chi connectivity index (χ2n) is 5.12. The summed E-state index contributed by atoms with van der Waals surface area (Å²) in [6.45, 7) is 2.41. The first-order valence-electron chi connectivity index (χ1n) is 6.92. The lowest BCUT2D eigenvalue weighted by atomic mass is 10.0. The fourth-order valence-electron chi connectivity index (χ4n) is 2.66. The number of piperidine rings is 1. The first-order valence-corrected chi connectivity index (χ1v) is 8.74. The molecule has 1 aromatic rings. The van der Waals surface area contributed by atoms with Crippen molar-refractivity contribution in [2.45, 2.75) is 43.5 Å². The maximum atomic E-state index is 12.8. The molecule has 1 atom stereocenters. The van der Waals surface area contributed by atoms with E-state index in [4.69, 9.17) is 16.7 Å². The first kappa shape index (κ1) is 16.3. The largest absolute Gasteiger partial charge is 0.478 e. The van der Waals surface area contributed by atoms with Crippen LogP contribution in [0, 0.1) is 0 Å². The molecule has 0 aliphatic carbocycles. The number of carboxylic acids is 1. The Balaban J connectivity index is 2.47. The molecular weight excluding hydrogens is 314 g/mol. The van der Waals surface area contributed by atoms with Crippen LogP contribution in [0.15, 0.2) is 23.1 Å². The minimum atomic E-state index is -3.77. The van der Waals surface area contributed by atoms with Crippen molar-refractivity contribution in [3.8, 4) is 0 Å². The van der Waals surface area contributed by atoms with Crippen LogP contribution in [-0.2, 0) is 10.0 Å². The van der Waals surface area contributed by atoms with E-state index in [2.05, 4.69) is 0 Å². The van der Waals surface area contributed by atoms with Gasteiger partial charge in [-0.15, -0.1) is 0 Å². The molecule has 2 rings (SSSR count). The fourth-order valence-corrected chi connectivity index (χ4v) is 4.93. The van der Waals surface area contributed by atoms with E-state index in [9.17, 15) is 13.2 Å². The van der Waals surface area contributed by atoms with E-state index in [1.54, 1.807) is 0 Å². The zero-order chi connectivity index (χ0) is 15.6. The Morgan fingerprint density at radius 3 is 2.76 bits per heavy atom. The Hall–Kier alpha value is -1.11. The zero-order valence-electron chi connectivity index (χ0n) is 11.8. The average Bonchev–Trinajstić information content (AvgIpc) is 2.47. The van der Waals surface area contributed by atoms with Crippen molar-refractivity contribution in [1.29, 1.82) is 0 Å². The van der Waals surface area contributed by atoms with E-state index in [1.807, 2.05) is 6.92 Å². The number of hydrogen-bond donors (Lipinski definition) is 1. The fraction of sp³-hybridized carbons (Fsp3) is 0.500. The molecule has 0 radical (unpaired) electrons. The summed E-state index contributed by atoms with van der Waals surface area (Å²) in [5.41, 5.74) is -0.0805. The number of carbonyl (C=O) groups is 1. The van der Waals surface area contributed by atoms with Crippen molar-refractivity contribution in [3.63, 3.8) is 0 Å². The Bertz CT molecular complexity index is 644. The van der Waals surface area contributed by atoms with E-state index < -0.39 is 16.0 Å². The summed E-state index contributed by atoms with van der Waals surface area (Å²) in [7, 11) is -3.77. The highest BCUT2D eigenvalue weighted by atomic mass is 35.5. The van der Waals surface area contributed by atoms with Gasteiger partial charge in [-0.2, -0.15) is 4.31 Å². The summed E-state index contributed by atoms with van der Waals surface area (Å²) in [5.74, 6) is -1.17. The second kappa shape index (κ2) is 6.34. The molecule has 1 aliphatic heterocycles. The zero-order valence-corrected chi connectivity index (χ0v) is 13.3. The average molecular weight is 332 g/mol. The number of sulfonamides is 1. The van der Waals surface area contributed by atoms with Crippen LogP contribution in [0.3, 0.4) is 0 Å². The van der Waals surface area contributed by atoms with E-state index in [0.717, 1.165) is 31.7 Å². The highest BCUT2D eigenvalue weighted by molar-refractivity contribution is 7.89. The van der Waals surface area contributed by atoms with Gasteiger partial charge in [-0.25, -0.2) is 13.2 Å². The van der Waals surface area contributed by atoms with Gasteiger partial charge in [-0.05, 0) is 37.5 Å². The van der Waals surface area contributed by atoms with Gasteiger partial charge in [-0.3, -0.25) is 0 Å². The van der Waals surface area contributed by atoms with Gasteiger partial charge in [0.25, 0.3) is 0 Å². The number of halogens is 1. The van der Waals surface area contributed by atoms with Crippen molar-refractivity contribution >= 4 is 27.6 Å². The lowest BCUT2D eigenvalue weighted by Crippen LogP contribution is -2.43. The van der Waals surface area contributed by atoms with Gasteiger partial charge in [0, 0.05) is 12.6 Å². The van der Waals surface area contributed by atoms with E-state index >= 15 is 0 Å². The van der Waals surface area contributed by atoms with Gasteiger partial charge in [-0.1, -0.05) is 24.9 Å². The highest BCUT2D eigenvalue weighted by Crippen LogP contribution is 2.31. The van der Waals surface area contributed by atoms with Crippen molar-refractivity contribution in [1.82, 2.24) is 4.31 Å². The molecule has 7 heteroatoms. The van der Waals surface area contributed by atoms with E-state index in [-0.39, 0.29) is 21.5 Å². The molecular formula is C14H18ClNO4S. The number of hydrogen-bond acceptors (Lipinski definition) is 3. The standard InChI is InChI=1S/C14H18ClNO4S/c1-2-11-5-3-4-8-16(11)21(19,20)13-9-10(14(17)18)6-7-12(13)15/h6-7,9,11H,2-5,8H2,1H3,(H,17,18). The molecule has 1 N–H and O–H groups in total. The van der Waals surface area contributed by atoms with Crippen LogP contribution in [0.5, 0.6) is 0 Å². The van der Waals surface area contributed by atoms with Crippen molar-refractivity contribution < 1.29 is 18.3 Å². The minimum absolute atomic E-state index is 0.0479. The monoisotopic (exact) mass is 331 g/mol. The minimum Gasteiger partial charge on any atom is -0.478 e. The molecule has 1 fully saturated rings. The molecule has 1 aliphatic rings. The third-order valence-electron chi connectivity index (χ3n) is 3.81. The van der Waals surface area contributed by atoms with Crippen LogP contribution in [0.2, 0.25) is 5.02 Å². The van der Waals surface area contributed by atoms with Crippen LogP contribution in [0.25, 0.3) is 0 Å². The molecule has 1 saturated heterocycles. The Labute approximate surface area is 129 Å². The first-order chi connectivity index (χ1) is 9.87. The number of rotatable bonds is 4. The maximum Gasteiger partial charge on any atom is 0.335 e. The molecule has 5 nitrogen and oxygen atoms in total. The maximum absolute atomic E-state index is 12.8. The van der Waals surface area contributed by atoms with E-state index in [1.165, 1.54) is 16.4 Å². The Morgan fingerprint density at radius 1 is 1.43 bits per heavy atom. The molecule has 1 unspecified atom stereocenters. The van der Waals surface area contributed by atoms with Crippen LogP contribution in [0.4, 0.5) is 0 Å². The molecule has 1 heterocycles. The number of aromatic carboxylic acids is 1. The van der Waals surface area contributed by atoms with Gasteiger partial charge in [0.05, 0.1) is 10.6 Å². The van der Waals surface area contributed by atoms with Gasteiger partial charge < -0.3 is 5.11 Å². The third kappa shape index (κ3) is 3.22. The molecule has 0 amide bonds. The van der Waals surface area contributed by atoms with Crippen molar-refractivity contribution in [2.75, 3.05) is 6.54 Å². The Kier molecular flexibility index (Phi) is 4.91. The SMILES string of the molecule is CCC1CCCCN1S(=O)(=O)c1cc(C(=O)O)ccc1Cl. The Morgan fingerprint density at radius 2 is 2.14 bits per heavy atom. The molecule has 21 heavy (non-hydrogen) atoms. The van der Waals surface area contributed by atoms with Crippen LogP contribution < -0.4 is 0 Å². The van der Waals surface area contributed by atoms with Gasteiger partial charge in [0.15, 0.2) is 0 Å². The molecule has 0 bridgehead atoms. The predicted octanol–water partition coefficient (Wildman–Crippen LogP) is 2.99. The van der Waals surface area contributed by atoms with Crippen LogP contribution in [0.1, 0.15) is 43.0 Å². The lowest BCUT2D eigenvalue weighted by Gasteiger charge is -2.34. The highest BCUT2D eigenvalue weighted by Gasteiger charge is 2.34.